The summed E-state index contributed by atoms with van der Waals surface area (Å²) < 4.78 is 35.6. The van der Waals surface area contributed by atoms with E-state index >= 15 is 0 Å². The first-order valence-electron chi connectivity index (χ1n) is 21.6. The molecule has 0 atom stereocenters. The Morgan fingerprint density at radius 1 is 0.418 bits per heavy atom. The molecule has 0 N–H and O–H groups in total. The van der Waals surface area contributed by atoms with Gasteiger partial charge in [-0.1, -0.05) is 123 Å². The Bertz CT molecular complexity index is 2820. The van der Waals surface area contributed by atoms with E-state index in [1.807, 2.05) is 42.5 Å². The molecular weight excluding hydrogens is 844 g/mol. The maximum atomic E-state index is 14.9. The Kier molecular flexibility index (Phi) is 17.4. The zero-order valence-electron chi connectivity index (χ0n) is 38.9. The molecule has 0 saturated heterocycles. The molecule has 0 unspecified atom stereocenters. The summed E-state index contributed by atoms with van der Waals surface area (Å²) >= 11 is 0. The summed E-state index contributed by atoms with van der Waals surface area (Å²) in [4.78, 5) is 46.3. The Balaban J connectivity index is 0.000000251. The predicted octanol–water partition coefficient (Wildman–Crippen LogP) is 13.1. The van der Waals surface area contributed by atoms with Gasteiger partial charge >= 0.3 is 23.9 Å². The maximum Gasteiger partial charge on any atom is 0.338 e. The second-order valence-electron chi connectivity index (χ2n) is 16.3. The molecule has 0 bridgehead atoms. The lowest BCUT2D eigenvalue weighted by Gasteiger charge is -2.14. The number of ether oxygens (including phenoxy) is 4. The van der Waals surface area contributed by atoms with Crippen LogP contribution in [0.15, 0.2) is 176 Å². The Morgan fingerprint density at radius 2 is 0.746 bits per heavy atom. The van der Waals surface area contributed by atoms with Gasteiger partial charge in [0.25, 0.3) is 0 Å². The zero-order chi connectivity index (χ0) is 48.8. The fraction of sp³-hybridized carbons (Fsp3) is 0.172. The van der Waals surface area contributed by atoms with E-state index in [4.69, 9.17) is 18.9 Å². The normalized spacial score (nSPS) is 10.4. The molecule has 8 nitrogen and oxygen atoms in total. The standard InChI is InChI=1S/C30H30O4.C28H25FO4/c1-19(2)29(31)33-16-15-23-7-9-24(10-8-23)27-17-22(6)28(18-21(27)5)25-11-13-26(14-12-25)34-30(32)20(3)4;1-18(2)27(30)32-16-15-20-5-7-22(8-6-20)25-14-11-23(17-26(25)29)21-9-12-24(13-10-21)33-28(31)19(3)4/h7-14,17-18H,1,3,15-16H2,2,4-6H3;5-14,17H,1,3,15-16H2,2,4H3. The van der Waals surface area contributed by atoms with Gasteiger partial charge < -0.3 is 18.9 Å². The fourth-order valence-electron chi connectivity index (χ4n) is 6.64. The number of carbonyl (C=O) groups excluding carboxylic acids is 4. The molecule has 0 aliphatic rings. The summed E-state index contributed by atoms with van der Waals surface area (Å²) in [6, 6.07) is 39.6. The lowest BCUT2D eigenvalue weighted by Crippen LogP contribution is -2.07. The van der Waals surface area contributed by atoms with Crippen molar-refractivity contribution in [2.24, 2.45) is 0 Å². The molecule has 0 heterocycles. The van der Waals surface area contributed by atoms with Crippen molar-refractivity contribution in [2.45, 2.75) is 54.4 Å². The molecule has 9 heteroatoms. The van der Waals surface area contributed by atoms with Crippen LogP contribution in [0.4, 0.5) is 4.39 Å². The van der Waals surface area contributed by atoms with Gasteiger partial charge in [-0.25, -0.2) is 23.6 Å². The minimum atomic E-state index is -0.489. The summed E-state index contributed by atoms with van der Waals surface area (Å²) in [6.45, 7) is 25.5. The third-order valence-corrected chi connectivity index (χ3v) is 10.5. The van der Waals surface area contributed by atoms with Gasteiger partial charge in [-0.05, 0) is 133 Å². The highest BCUT2D eigenvalue weighted by atomic mass is 19.1. The van der Waals surface area contributed by atoms with E-state index in [0.29, 0.717) is 64.4 Å². The van der Waals surface area contributed by atoms with Crippen LogP contribution in [0.3, 0.4) is 0 Å². The van der Waals surface area contributed by atoms with Crippen molar-refractivity contribution in [1.29, 1.82) is 0 Å². The Morgan fingerprint density at radius 3 is 1.10 bits per heavy atom. The van der Waals surface area contributed by atoms with Crippen LogP contribution < -0.4 is 9.47 Å². The average molecular weight is 899 g/mol. The van der Waals surface area contributed by atoms with E-state index in [2.05, 4.69) is 76.6 Å². The first kappa shape index (κ1) is 50.1. The molecule has 0 aliphatic carbocycles. The second kappa shape index (κ2) is 23.3. The maximum absolute atomic E-state index is 14.9. The monoisotopic (exact) mass is 898 g/mol. The number of benzene rings is 6. The van der Waals surface area contributed by atoms with Crippen LogP contribution in [0.2, 0.25) is 0 Å². The number of aryl methyl sites for hydroxylation is 2. The largest absolute Gasteiger partial charge is 0.462 e. The molecule has 67 heavy (non-hydrogen) atoms. The molecule has 0 amide bonds. The quantitative estimate of drug-likeness (QED) is 0.0537. The number of carbonyl (C=O) groups is 4. The lowest BCUT2D eigenvalue weighted by molar-refractivity contribution is -0.139. The first-order chi connectivity index (χ1) is 31.9. The lowest BCUT2D eigenvalue weighted by atomic mass is 9.91. The van der Waals surface area contributed by atoms with Crippen LogP contribution in [0.5, 0.6) is 11.5 Å². The van der Waals surface area contributed by atoms with Crippen molar-refractivity contribution < 1.29 is 42.5 Å². The summed E-state index contributed by atoms with van der Waals surface area (Å²) in [6.07, 6.45) is 1.23. The second-order valence-corrected chi connectivity index (χ2v) is 16.3. The minimum Gasteiger partial charge on any atom is -0.462 e. The van der Waals surface area contributed by atoms with Gasteiger partial charge in [0, 0.05) is 40.7 Å². The summed E-state index contributed by atoms with van der Waals surface area (Å²) in [5.74, 6) is -1.12. The van der Waals surface area contributed by atoms with E-state index in [1.165, 1.54) is 17.2 Å². The van der Waals surface area contributed by atoms with Crippen molar-refractivity contribution in [3.05, 3.63) is 204 Å². The molecule has 0 saturated carbocycles. The highest BCUT2D eigenvalue weighted by Gasteiger charge is 2.13. The third-order valence-electron chi connectivity index (χ3n) is 10.5. The van der Waals surface area contributed by atoms with Crippen LogP contribution in [0.25, 0.3) is 44.5 Å². The molecule has 6 aromatic rings. The van der Waals surface area contributed by atoms with Crippen molar-refractivity contribution in [1.82, 2.24) is 0 Å². The number of rotatable bonds is 16. The van der Waals surface area contributed by atoms with E-state index in [1.54, 1.807) is 70.2 Å². The first-order valence-corrected chi connectivity index (χ1v) is 21.6. The molecule has 6 aromatic carbocycles. The number of esters is 4. The highest BCUT2D eigenvalue weighted by molar-refractivity contribution is 5.90. The van der Waals surface area contributed by atoms with Gasteiger partial charge in [0.2, 0.25) is 0 Å². The van der Waals surface area contributed by atoms with Crippen LogP contribution in [0, 0.1) is 19.7 Å². The molecule has 342 valence electrons. The Hall–Kier alpha value is -7.91. The number of hydrogen-bond donors (Lipinski definition) is 0. The minimum absolute atomic E-state index is 0.263. The molecular formula is C58H55FO8. The topological polar surface area (TPSA) is 105 Å². The van der Waals surface area contributed by atoms with Gasteiger partial charge in [0.05, 0.1) is 13.2 Å². The van der Waals surface area contributed by atoms with Crippen LogP contribution in [-0.2, 0) is 41.5 Å². The fourth-order valence-corrected chi connectivity index (χ4v) is 6.64. The van der Waals surface area contributed by atoms with E-state index in [-0.39, 0.29) is 18.4 Å². The third kappa shape index (κ3) is 14.3. The molecule has 0 fully saturated rings. The van der Waals surface area contributed by atoms with Gasteiger partial charge in [0.15, 0.2) is 0 Å². The average Bonchev–Trinajstić information content (AvgIpc) is 3.30. The van der Waals surface area contributed by atoms with Crippen molar-refractivity contribution in [3.8, 4) is 56.0 Å². The molecule has 0 spiro atoms. The van der Waals surface area contributed by atoms with E-state index in [0.717, 1.165) is 44.5 Å². The number of halogens is 1. The van der Waals surface area contributed by atoms with Crippen LogP contribution in [-0.4, -0.2) is 37.1 Å². The van der Waals surface area contributed by atoms with Gasteiger partial charge in [0.1, 0.15) is 17.3 Å². The Labute approximate surface area is 392 Å². The molecule has 0 aliphatic heterocycles. The highest BCUT2D eigenvalue weighted by Crippen LogP contribution is 2.33. The van der Waals surface area contributed by atoms with E-state index < -0.39 is 17.9 Å². The van der Waals surface area contributed by atoms with Crippen molar-refractivity contribution in [3.63, 3.8) is 0 Å². The van der Waals surface area contributed by atoms with Gasteiger partial charge in [-0.3, -0.25) is 0 Å². The van der Waals surface area contributed by atoms with Gasteiger partial charge in [-0.2, -0.15) is 0 Å². The van der Waals surface area contributed by atoms with Crippen LogP contribution in [0.1, 0.15) is 49.9 Å². The SMILES string of the molecule is C=C(C)C(=O)OCCc1ccc(-c2cc(C)c(-c3ccc(OC(=O)C(=C)C)cc3)cc2C)cc1.C=C(C)C(=O)OCCc1ccc(-c2ccc(-c3ccc(OC(=O)C(=C)C)cc3)cc2F)cc1. The van der Waals surface area contributed by atoms with E-state index in [9.17, 15) is 23.6 Å². The zero-order valence-corrected chi connectivity index (χ0v) is 38.9. The summed E-state index contributed by atoms with van der Waals surface area (Å²) in [7, 11) is 0. The molecule has 6 rings (SSSR count). The van der Waals surface area contributed by atoms with Crippen molar-refractivity contribution >= 4 is 23.9 Å². The van der Waals surface area contributed by atoms with Gasteiger partial charge in [-0.15, -0.1) is 0 Å². The molecule has 0 radical (unpaired) electrons. The summed E-state index contributed by atoms with van der Waals surface area (Å²) in [5.41, 5.74) is 13.1. The summed E-state index contributed by atoms with van der Waals surface area (Å²) in [5, 5.41) is 0. The number of hydrogen-bond acceptors (Lipinski definition) is 8. The smallest absolute Gasteiger partial charge is 0.338 e. The molecule has 0 aromatic heterocycles. The van der Waals surface area contributed by atoms with Crippen LogP contribution >= 0.6 is 0 Å². The van der Waals surface area contributed by atoms with Crippen molar-refractivity contribution in [2.75, 3.05) is 13.2 Å². The predicted molar refractivity (Wildman–Crippen MR) is 264 cm³/mol.